The van der Waals surface area contributed by atoms with Gasteiger partial charge in [-0.1, -0.05) is 30.3 Å². The highest BCUT2D eigenvalue weighted by Crippen LogP contribution is 2.31. The second-order valence-electron chi connectivity index (χ2n) is 7.78. The summed E-state index contributed by atoms with van der Waals surface area (Å²) in [6.07, 6.45) is 2.40. The van der Waals surface area contributed by atoms with Crippen LogP contribution in [0, 0.1) is 0 Å². The number of nitrogens with zero attached hydrogens (tertiary/aromatic N) is 2. The van der Waals surface area contributed by atoms with Crippen molar-refractivity contribution in [1.29, 1.82) is 0 Å². The average Bonchev–Trinajstić information content (AvgIpc) is 2.96. The van der Waals surface area contributed by atoms with E-state index in [0.29, 0.717) is 35.6 Å². The third-order valence-electron chi connectivity index (χ3n) is 5.57. The fourth-order valence-electron chi connectivity index (χ4n) is 3.92. The summed E-state index contributed by atoms with van der Waals surface area (Å²) in [5.41, 5.74) is 3.15. The molecule has 2 aromatic rings. The van der Waals surface area contributed by atoms with Crippen molar-refractivity contribution in [3.05, 3.63) is 65.2 Å². The molecule has 0 saturated carbocycles. The van der Waals surface area contributed by atoms with Crippen LogP contribution in [0.1, 0.15) is 34.8 Å². The van der Waals surface area contributed by atoms with Crippen LogP contribution in [0.2, 0.25) is 0 Å². The summed E-state index contributed by atoms with van der Waals surface area (Å²) < 4.78 is 25.3. The Bertz CT molecular complexity index is 1180. The van der Waals surface area contributed by atoms with Gasteiger partial charge < -0.3 is 5.32 Å². The molecule has 1 atom stereocenters. The number of nitrogens with one attached hydrogen (secondary N) is 2. The van der Waals surface area contributed by atoms with Gasteiger partial charge in [0.2, 0.25) is 10.0 Å². The van der Waals surface area contributed by atoms with E-state index in [0.717, 1.165) is 11.8 Å². The van der Waals surface area contributed by atoms with E-state index in [1.54, 1.807) is 49.4 Å². The number of aryl methyl sites for hydroxylation is 1. The number of fused-ring (bicyclic) bond motifs is 1. The van der Waals surface area contributed by atoms with Gasteiger partial charge in [0.15, 0.2) is 0 Å². The molecule has 0 aromatic heterocycles. The zero-order valence-corrected chi connectivity index (χ0v) is 17.9. The molecule has 0 unspecified atom stereocenters. The number of amides is 4. The number of benzene rings is 2. The maximum atomic E-state index is 12.9. The number of carbonyl (C=O) groups is 3. The fraction of sp³-hybridized carbons (Fsp3) is 0.286. The number of hydrogen-bond acceptors (Lipinski definition) is 5. The molecule has 1 saturated heterocycles. The lowest BCUT2D eigenvalue weighted by Gasteiger charge is -2.29. The minimum absolute atomic E-state index is 0.225. The maximum absolute atomic E-state index is 12.9. The smallest absolute Gasteiger partial charge is 0.318 e. The highest BCUT2D eigenvalue weighted by Gasteiger charge is 2.50. The Kier molecular flexibility index (Phi) is 4.97. The van der Waals surface area contributed by atoms with Crippen LogP contribution in [0.15, 0.2) is 48.5 Å². The molecule has 10 heteroatoms. The second-order valence-corrected chi connectivity index (χ2v) is 9.69. The van der Waals surface area contributed by atoms with Crippen molar-refractivity contribution < 1.29 is 22.8 Å². The second kappa shape index (κ2) is 7.38. The van der Waals surface area contributed by atoms with Crippen LogP contribution in [-0.4, -0.2) is 44.1 Å². The van der Waals surface area contributed by atoms with Gasteiger partial charge in [-0.3, -0.25) is 19.3 Å². The van der Waals surface area contributed by atoms with Crippen molar-refractivity contribution in [1.82, 2.24) is 15.8 Å². The van der Waals surface area contributed by atoms with E-state index >= 15 is 0 Å². The Hall–Kier alpha value is -3.40. The molecule has 4 rings (SSSR count). The lowest BCUT2D eigenvalue weighted by molar-refractivity contribution is -0.132. The first-order valence-corrected chi connectivity index (χ1v) is 11.6. The number of rotatable bonds is 4. The van der Waals surface area contributed by atoms with Gasteiger partial charge in [-0.15, -0.1) is 0 Å². The largest absolute Gasteiger partial charge is 0.344 e. The number of hydrazine groups is 1. The van der Waals surface area contributed by atoms with E-state index in [4.69, 9.17) is 0 Å². The van der Waals surface area contributed by atoms with Crippen LogP contribution in [0.5, 0.6) is 0 Å². The van der Waals surface area contributed by atoms with Crippen LogP contribution in [0.4, 0.5) is 10.5 Å². The fourth-order valence-corrected chi connectivity index (χ4v) is 4.92. The maximum Gasteiger partial charge on any atom is 0.344 e. The minimum Gasteiger partial charge on any atom is -0.318 e. The molecule has 2 aliphatic rings. The summed E-state index contributed by atoms with van der Waals surface area (Å²) in [6.45, 7) is 1.96. The van der Waals surface area contributed by atoms with Crippen molar-refractivity contribution in [3.63, 3.8) is 0 Å². The van der Waals surface area contributed by atoms with E-state index in [-0.39, 0.29) is 5.56 Å². The first-order valence-electron chi connectivity index (χ1n) is 9.75. The molecular formula is C21H22N4O5S. The standard InChI is InChI=1S/C21H22N4O5S/c1-21(16-8-4-3-5-9-16)19(27)25(20(28)22-21)23-18(26)15-10-11-17-14(13-15)7-6-12-24(17)31(2,29)30/h3-5,8-11,13H,6-7,12H2,1-2H3,(H,22,28)(H,23,26)/t21-/m0/s1. The highest BCUT2D eigenvalue weighted by molar-refractivity contribution is 7.92. The normalized spacial score (nSPS) is 21.0. The van der Waals surface area contributed by atoms with E-state index in [9.17, 15) is 22.8 Å². The molecule has 2 heterocycles. The van der Waals surface area contributed by atoms with Crippen molar-refractivity contribution in [2.75, 3.05) is 17.1 Å². The topological polar surface area (TPSA) is 116 Å². The van der Waals surface area contributed by atoms with Gasteiger partial charge in [0, 0.05) is 12.1 Å². The minimum atomic E-state index is -3.42. The molecule has 0 bridgehead atoms. The predicted octanol–water partition coefficient (Wildman–Crippen LogP) is 1.51. The average molecular weight is 442 g/mol. The van der Waals surface area contributed by atoms with Gasteiger partial charge in [0.05, 0.1) is 11.9 Å². The van der Waals surface area contributed by atoms with E-state index in [1.165, 1.54) is 10.4 Å². The Morgan fingerprint density at radius 1 is 1.13 bits per heavy atom. The quantitative estimate of drug-likeness (QED) is 0.697. The third kappa shape index (κ3) is 3.63. The molecule has 162 valence electrons. The number of urea groups is 1. The number of hydrogen-bond donors (Lipinski definition) is 2. The van der Waals surface area contributed by atoms with Gasteiger partial charge in [-0.2, -0.15) is 5.01 Å². The monoisotopic (exact) mass is 442 g/mol. The summed E-state index contributed by atoms with van der Waals surface area (Å²) in [5.74, 6) is -1.24. The molecule has 31 heavy (non-hydrogen) atoms. The van der Waals surface area contributed by atoms with Crippen molar-refractivity contribution in [2.24, 2.45) is 0 Å². The Labute approximate surface area is 180 Å². The van der Waals surface area contributed by atoms with E-state index < -0.39 is 33.4 Å². The van der Waals surface area contributed by atoms with Crippen molar-refractivity contribution >= 4 is 33.6 Å². The van der Waals surface area contributed by atoms with Crippen LogP contribution < -0.4 is 15.0 Å². The van der Waals surface area contributed by atoms with E-state index in [2.05, 4.69) is 10.7 Å². The molecule has 9 nitrogen and oxygen atoms in total. The summed E-state index contributed by atoms with van der Waals surface area (Å²) in [6, 6.07) is 12.7. The van der Waals surface area contributed by atoms with Crippen molar-refractivity contribution in [3.8, 4) is 0 Å². The third-order valence-corrected chi connectivity index (χ3v) is 6.75. The zero-order chi connectivity index (χ0) is 22.4. The molecule has 4 amide bonds. The molecule has 2 aliphatic heterocycles. The Morgan fingerprint density at radius 3 is 2.52 bits per heavy atom. The molecular weight excluding hydrogens is 420 g/mol. The molecule has 2 N–H and O–H groups in total. The summed E-state index contributed by atoms with van der Waals surface area (Å²) >= 11 is 0. The first kappa shape index (κ1) is 20.9. The van der Waals surface area contributed by atoms with E-state index in [1.807, 2.05) is 0 Å². The Balaban J connectivity index is 1.56. The van der Waals surface area contributed by atoms with Gasteiger partial charge in [0.1, 0.15) is 5.54 Å². The molecule has 2 aromatic carbocycles. The van der Waals surface area contributed by atoms with Crippen LogP contribution in [-0.2, 0) is 26.8 Å². The lowest BCUT2D eigenvalue weighted by atomic mass is 9.92. The predicted molar refractivity (Wildman–Crippen MR) is 114 cm³/mol. The van der Waals surface area contributed by atoms with Gasteiger partial charge in [0.25, 0.3) is 11.8 Å². The van der Waals surface area contributed by atoms with Gasteiger partial charge in [-0.05, 0) is 49.1 Å². The van der Waals surface area contributed by atoms with Crippen LogP contribution in [0.25, 0.3) is 0 Å². The molecule has 0 radical (unpaired) electrons. The summed E-state index contributed by atoms with van der Waals surface area (Å²) in [4.78, 5) is 38.2. The number of imide groups is 1. The van der Waals surface area contributed by atoms with Crippen LogP contribution >= 0.6 is 0 Å². The molecule has 0 aliphatic carbocycles. The molecule has 0 spiro atoms. The number of anilines is 1. The first-order chi connectivity index (χ1) is 14.6. The van der Waals surface area contributed by atoms with Gasteiger partial charge in [-0.25, -0.2) is 13.2 Å². The van der Waals surface area contributed by atoms with Gasteiger partial charge >= 0.3 is 6.03 Å². The van der Waals surface area contributed by atoms with Crippen molar-refractivity contribution in [2.45, 2.75) is 25.3 Å². The number of carbonyl (C=O) groups excluding carboxylic acids is 3. The Morgan fingerprint density at radius 2 is 1.84 bits per heavy atom. The number of sulfonamides is 1. The summed E-state index contributed by atoms with van der Waals surface area (Å²) in [5, 5.41) is 3.30. The zero-order valence-electron chi connectivity index (χ0n) is 17.1. The SMILES string of the molecule is C[C@@]1(c2ccccc2)NC(=O)N(NC(=O)c2ccc3c(c2)CCCN3S(C)(=O)=O)C1=O. The summed E-state index contributed by atoms with van der Waals surface area (Å²) in [7, 11) is -3.42. The molecule has 1 fully saturated rings. The van der Waals surface area contributed by atoms with Crippen LogP contribution in [0.3, 0.4) is 0 Å². The highest BCUT2D eigenvalue weighted by atomic mass is 32.2. The lowest BCUT2D eigenvalue weighted by Crippen LogP contribution is -2.48.